The maximum atomic E-state index is 12.7. The van der Waals surface area contributed by atoms with Crippen molar-refractivity contribution in [3.8, 4) is 11.1 Å². The molecule has 2 fully saturated rings. The van der Waals surface area contributed by atoms with Gasteiger partial charge in [0.2, 0.25) is 11.8 Å². The van der Waals surface area contributed by atoms with E-state index >= 15 is 0 Å². The maximum absolute atomic E-state index is 12.7. The first-order valence-corrected chi connectivity index (χ1v) is 8.62. The van der Waals surface area contributed by atoms with Crippen molar-refractivity contribution >= 4 is 23.5 Å². The fraction of sp³-hybridized carbons (Fsp3) is 0.250. The number of rotatable bonds is 2. The number of urea groups is 1. The normalized spacial score (nSPS) is 21.9. The smallest absolute Gasteiger partial charge is 0.321 e. The number of nitrogens with one attached hydrogen (secondary N) is 2. The lowest BCUT2D eigenvalue weighted by Crippen LogP contribution is -2.38. The summed E-state index contributed by atoms with van der Waals surface area (Å²) in [7, 11) is 0. The highest BCUT2D eigenvalue weighted by atomic mass is 16.2. The van der Waals surface area contributed by atoms with E-state index in [1.165, 1.54) is 0 Å². The summed E-state index contributed by atoms with van der Waals surface area (Å²) in [4.78, 5) is 38.0. The van der Waals surface area contributed by atoms with Gasteiger partial charge in [-0.3, -0.25) is 14.9 Å². The molecule has 2 heterocycles. The molecule has 0 saturated carbocycles. The Hall–Kier alpha value is -3.15. The van der Waals surface area contributed by atoms with Gasteiger partial charge < -0.3 is 10.2 Å². The number of imide groups is 1. The molecule has 1 atom stereocenters. The van der Waals surface area contributed by atoms with Gasteiger partial charge >= 0.3 is 6.03 Å². The minimum Gasteiger partial charge on any atom is -0.323 e. The summed E-state index contributed by atoms with van der Waals surface area (Å²) in [5.41, 5.74) is 1.91. The van der Waals surface area contributed by atoms with Crippen LogP contribution in [0.1, 0.15) is 12.8 Å². The van der Waals surface area contributed by atoms with Crippen LogP contribution in [0.25, 0.3) is 11.1 Å². The molecule has 6 nitrogen and oxygen atoms in total. The monoisotopic (exact) mass is 349 g/mol. The molecular weight excluding hydrogens is 330 g/mol. The van der Waals surface area contributed by atoms with Gasteiger partial charge in [-0.25, -0.2) is 4.79 Å². The van der Waals surface area contributed by atoms with Gasteiger partial charge in [-0.15, -0.1) is 0 Å². The van der Waals surface area contributed by atoms with E-state index in [4.69, 9.17) is 0 Å². The van der Waals surface area contributed by atoms with Crippen molar-refractivity contribution in [2.75, 3.05) is 18.4 Å². The molecule has 2 N–H and O–H groups in total. The second-order valence-corrected chi connectivity index (χ2v) is 6.85. The molecule has 6 heteroatoms. The van der Waals surface area contributed by atoms with Gasteiger partial charge in [0.25, 0.3) is 0 Å². The SMILES string of the molecule is O=C1C[C@@]2(CCN(C(=O)Nc3ccccc3-c3ccccc3)C2)C(=O)N1. The lowest BCUT2D eigenvalue weighted by Gasteiger charge is -2.21. The summed E-state index contributed by atoms with van der Waals surface area (Å²) >= 11 is 0. The molecule has 26 heavy (non-hydrogen) atoms. The van der Waals surface area contributed by atoms with Crippen LogP contribution in [0.3, 0.4) is 0 Å². The number of carbonyl (C=O) groups excluding carboxylic acids is 3. The Bertz CT molecular complexity index is 881. The van der Waals surface area contributed by atoms with Gasteiger partial charge in [-0.2, -0.15) is 0 Å². The minimum atomic E-state index is -0.757. The highest BCUT2D eigenvalue weighted by Gasteiger charge is 2.51. The van der Waals surface area contributed by atoms with E-state index in [2.05, 4.69) is 10.6 Å². The summed E-state index contributed by atoms with van der Waals surface area (Å²) in [5.74, 6) is -0.519. The predicted octanol–water partition coefficient (Wildman–Crippen LogP) is 2.62. The summed E-state index contributed by atoms with van der Waals surface area (Å²) in [6.45, 7) is 0.726. The van der Waals surface area contributed by atoms with E-state index in [0.717, 1.165) is 16.8 Å². The first-order valence-electron chi connectivity index (χ1n) is 8.62. The van der Waals surface area contributed by atoms with E-state index < -0.39 is 5.41 Å². The number of carbonyl (C=O) groups is 3. The first kappa shape index (κ1) is 16.3. The highest BCUT2D eigenvalue weighted by Crippen LogP contribution is 2.38. The Balaban J connectivity index is 1.52. The summed E-state index contributed by atoms with van der Waals surface area (Å²) in [6.07, 6.45) is 0.675. The number of hydrogen-bond acceptors (Lipinski definition) is 3. The molecule has 0 unspecified atom stereocenters. The van der Waals surface area contributed by atoms with Crippen LogP contribution in [0.15, 0.2) is 54.6 Å². The molecule has 0 bridgehead atoms. The van der Waals surface area contributed by atoms with Crippen LogP contribution < -0.4 is 10.6 Å². The van der Waals surface area contributed by atoms with Crippen LogP contribution in [-0.2, 0) is 9.59 Å². The second kappa shape index (κ2) is 6.29. The van der Waals surface area contributed by atoms with Crippen molar-refractivity contribution in [1.82, 2.24) is 10.2 Å². The van der Waals surface area contributed by atoms with Crippen LogP contribution in [0.4, 0.5) is 10.5 Å². The Morgan fingerprint density at radius 1 is 1.04 bits per heavy atom. The van der Waals surface area contributed by atoms with E-state index in [1.54, 1.807) is 4.90 Å². The average Bonchev–Trinajstić information content (AvgIpc) is 3.19. The van der Waals surface area contributed by atoms with E-state index in [9.17, 15) is 14.4 Å². The van der Waals surface area contributed by atoms with E-state index in [1.807, 2.05) is 54.6 Å². The van der Waals surface area contributed by atoms with Crippen molar-refractivity contribution in [3.05, 3.63) is 54.6 Å². The number of hydrogen-bond donors (Lipinski definition) is 2. The summed E-state index contributed by atoms with van der Waals surface area (Å²) in [5, 5.41) is 5.31. The Morgan fingerprint density at radius 3 is 2.50 bits per heavy atom. The van der Waals surface area contributed by atoms with Gasteiger partial charge in [0, 0.05) is 25.1 Å². The number of benzene rings is 2. The van der Waals surface area contributed by atoms with E-state index in [-0.39, 0.29) is 30.8 Å². The molecule has 132 valence electrons. The molecule has 2 aliphatic heterocycles. The molecule has 0 aliphatic carbocycles. The first-order chi connectivity index (χ1) is 12.6. The predicted molar refractivity (Wildman–Crippen MR) is 97.3 cm³/mol. The molecule has 0 radical (unpaired) electrons. The number of likely N-dealkylation sites (tertiary alicyclic amines) is 1. The molecule has 4 amide bonds. The zero-order chi connectivity index (χ0) is 18.1. The van der Waals surface area contributed by atoms with Crippen LogP contribution >= 0.6 is 0 Å². The highest BCUT2D eigenvalue weighted by molar-refractivity contribution is 6.06. The number of nitrogens with zero attached hydrogens (tertiary/aromatic N) is 1. The Morgan fingerprint density at radius 2 is 1.77 bits per heavy atom. The van der Waals surface area contributed by atoms with Crippen LogP contribution in [-0.4, -0.2) is 35.8 Å². The quantitative estimate of drug-likeness (QED) is 0.818. The summed E-state index contributed by atoms with van der Waals surface area (Å²) < 4.78 is 0. The van der Waals surface area contributed by atoms with Gasteiger partial charge in [0.15, 0.2) is 0 Å². The lowest BCUT2D eigenvalue weighted by atomic mass is 9.85. The van der Waals surface area contributed by atoms with Crippen molar-refractivity contribution in [1.29, 1.82) is 0 Å². The molecular formula is C20H19N3O3. The van der Waals surface area contributed by atoms with Gasteiger partial charge in [0.05, 0.1) is 11.1 Å². The second-order valence-electron chi connectivity index (χ2n) is 6.85. The fourth-order valence-corrected chi connectivity index (χ4v) is 3.72. The molecule has 0 aromatic heterocycles. The average molecular weight is 349 g/mol. The third-order valence-electron chi connectivity index (χ3n) is 5.13. The molecule has 4 rings (SSSR count). The van der Waals surface area contributed by atoms with Crippen LogP contribution in [0, 0.1) is 5.41 Å². The largest absolute Gasteiger partial charge is 0.323 e. The Kier molecular flexibility index (Phi) is 3.95. The molecule has 2 aromatic carbocycles. The number of amides is 4. The standard InChI is InChI=1S/C20H19N3O3/c24-17-12-20(18(25)22-17)10-11-23(13-20)19(26)21-16-9-5-4-8-15(16)14-6-2-1-3-7-14/h1-9H,10-13H2,(H,21,26)(H,22,24,25)/t20-/m1/s1. The number of para-hydroxylation sites is 1. The lowest BCUT2D eigenvalue weighted by molar-refractivity contribution is -0.128. The fourth-order valence-electron chi connectivity index (χ4n) is 3.72. The topological polar surface area (TPSA) is 78.5 Å². The van der Waals surface area contributed by atoms with Crippen molar-refractivity contribution < 1.29 is 14.4 Å². The third-order valence-corrected chi connectivity index (χ3v) is 5.13. The van der Waals surface area contributed by atoms with Crippen molar-refractivity contribution in [2.24, 2.45) is 5.41 Å². The van der Waals surface area contributed by atoms with Crippen molar-refractivity contribution in [2.45, 2.75) is 12.8 Å². The summed E-state index contributed by atoms with van der Waals surface area (Å²) in [6, 6.07) is 17.2. The van der Waals surface area contributed by atoms with Crippen molar-refractivity contribution in [3.63, 3.8) is 0 Å². The molecule has 2 saturated heterocycles. The zero-order valence-corrected chi connectivity index (χ0v) is 14.2. The molecule has 2 aromatic rings. The number of anilines is 1. The van der Waals surface area contributed by atoms with Crippen LogP contribution in [0.2, 0.25) is 0 Å². The Labute approximate surface area is 151 Å². The third kappa shape index (κ3) is 2.83. The zero-order valence-electron chi connectivity index (χ0n) is 14.2. The minimum absolute atomic E-state index is 0.163. The molecule has 1 spiro atoms. The van der Waals surface area contributed by atoms with Gasteiger partial charge in [-0.1, -0.05) is 48.5 Å². The maximum Gasteiger partial charge on any atom is 0.321 e. The van der Waals surface area contributed by atoms with Gasteiger partial charge in [-0.05, 0) is 18.1 Å². The van der Waals surface area contributed by atoms with Gasteiger partial charge in [0.1, 0.15) is 0 Å². The molecule has 2 aliphatic rings. The van der Waals surface area contributed by atoms with E-state index in [0.29, 0.717) is 13.0 Å². The van der Waals surface area contributed by atoms with Crippen LogP contribution in [0.5, 0.6) is 0 Å².